The summed E-state index contributed by atoms with van der Waals surface area (Å²) in [6, 6.07) is 10.8. The molecule has 2 aromatic carbocycles. The number of halogens is 2. The quantitative estimate of drug-likeness (QED) is 0.750. The lowest BCUT2D eigenvalue weighted by atomic mass is 10.1. The van der Waals surface area contributed by atoms with Gasteiger partial charge in [-0.3, -0.25) is 14.5 Å². The van der Waals surface area contributed by atoms with Crippen LogP contribution in [0.25, 0.3) is 0 Å². The summed E-state index contributed by atoms with van der Waals surface area (Å²) in [5.41, 5.74) is 1.90. The first-order valence-electron chi connectivity index (χ1n) is 9.81. The van der Waals surface area contributed by atoms with Crippen LogP contribution in [0, 0.1) is 11.6 Å². The van der Waals surface area contributed by atoms with Crippen LogP contribution in [0.2, 0.25) is 0 Å². The summed E-state index contributed by atoms with van der Waals surface area (Å²) < 4.78 is 26.5. The van der Waals surface area contributed by atoms with Gasteiger partial charge in [0.25, 0.3) is 5.91 Å². The van der Waals surface area contributed by atoms with Crippen molar-refractivity contribution in [2.75, 3.05) is 19.6 Å². The normalized spacial score (nSPS) is 14.4. The lowest BCUT2D eigenvalue weighted by molar-refractivity contribution is -0.120. The lowest BCUT2D eigenvalue weighted by Crippen LogP contribution is -2.36. The van der Waals surface area contributed by atoms with Gasteiger partial charge in [-0.15, -0.1) is 0 Å². The number of carbonyl (C=O) groups is 2. The molecular formula is C22H25F2N3O2. The number of nitrogens with one attached hydrogen (secondary N) is 2. The summed E-state index contributed by atoms with van der Waals surface area (Å²) in [6.07, 6.45) is 3.83. The van der Waals surface area contributed by atoms with E-state index in [1.165, 1.54) is 24.8 Å². The summed E-state index contributed by atoms with van der Waals surface area (Å²) in [5.74, 6) is -2.88. The Hall–Kier alpha value is -2.80. The molecule has 0 bridgehead atoms. The Morgan fingerprint density at radius 3 is 2.28 bits per heavy atom. The SMILES string of the molecule is O=C(CNC(=O)c1ccc(F)cc1F)NCc1ccc(CN2CCCCC2)cc1. The van der Waals surface area contributed by atoms with Gasteiger partial charge in [0.2, 0.25) is 5.91 Å². The highest BCUT2D eigenvalue weighted by Gasteiger charge is 2.14. The molecule has 2 aromatic rings. The number of hydrogen-bond donors (Lipinski definition) is 2. The van der Waals surface area contributed by atoms with Crippen molar-refractivity contribution in [3.8, 4) is 0 Å². The Labute approximate surface area is 169 Å². The molecule has 1 aliphatic rings. The van der Waals surface area contributed by atoms with E-state index in [0.29, 0.717) is 12.6 Å². The number of rotatable bonds is 7. The molecule has 3 rings (SSSR count). The van der Waals surface area contributed by atoms with Crippen LogP contribution in [-0.2, 0) is 17.9 Å². The molecule has 2 amide bonds. The molecule has 1 aliphatic heterocycles. The molecular weight excluding hydrogens is 376 g/mol. The van der Waals surface area contributed by atoms with Crippen LogP contribution in [0.3, 0.4) is 0 Å². The fourth-order valence-electron chi connectivity index (χ4n) is 3.33. The van der Waals surface area contributed by atoms with Gasteiger partial charge in [0.15, 0.2) is 0 Å². The van der Waals surface area contributed by atoms with Gasteiger partial charge in [0.05, 0.1) is 12.1 Å². The Balaban J connectivity index is 1.41. The first-order valence-corrected chi connectivity index (χ1v) is 9.81. The second-order valence-corrected chi connectivity index (χ2v) is 7.24. The molecule has 2 N–H and O–H groups in total. The summed E-state index contributed by atoms with van der Waals surface area (Å²) in [5, 5.41) is 5.04. The van der Waals surface area contributed by atoms with E-state index in [4.69, 9.17) is 0 Å². The van der Waals surface area contributed by atoms with Crippen LogP contribution in [0.15, 0.2) is 42.5 Å². The maximum Gasteiger partial charge on any atom is 0.254 e. The summed E-state index contributed by atoms with van der Waals surface area (Å²) >= 11 is 0. The van der Waals surface area contributed by atoms with Gasteiger partial charge in [-0.25, -0.2) is 8.78 Å². The highest BCUT2D eigenvalue weighted by Crippen LogP contribution is 2.13. The minimum absolute atomic E-state index is 0.289. The van der Waals surface area contributed by atoms with Crippen molar-refractivity contribution < 1.29 is 18.4 Å². The molecule has 1 fully saturated rings. The largest absolute Gasteiger partial charge is 0.350 e. The van der Waals surface area contributed by atoms with E-state index in [9.17, 15) is 18.4 Å². The standard InChI is InChI=1S/C22H25F2N3O2/c23-18-8-9-19(20(24)12-18)22(29)26-14-21(28)25-13-16-4-6-17(7-5-16)15-27-10-2-1-3-11-27/h4-9,12H,1-3,10-11,13-15H2,(H,25,28)(H,26,29). The molecule has 0 aliphatic carbocycles. The van der Waals surface area contributed by atoms with Crippen molar-refractivity contribution in [1.29, 1.82) is 0 Å². The van der Waals surface area contributed by atoms with E-state index in [-0.39, 0.29) is 12.1 Å². The number of nitrogens with zero attached hydrogens (tertiary/aromatic N) is 1. The van der Waals surface area contributed by atoms with Crippen LogP contribution >= 0.6 is 0 Å². The molecule has 154 valence electrons. The maximum absolute atomic E-state index is 13.6. The van der Waals surface area contributed by atoms with Crippen molar-refractivity contribution in [3.05, 3.63) is 70.8 Å². The van der Waals surface area contributed by atoms with Crippen LogP contribution in [0.1, 0.15) is 40.7 Å². The smallest absolute Gasteiger partial charge is 0.254 e. The summed E-state index contributed by atoms with van der Waals surface area (Å²) in [4.78, 5) is 26.3. The zero-order valence-corrected chi connectivity index (χ0v) is 16.2. The minimum Gasteiger partial charge on any atom is -0.350 e. The zero-order valence-electron chi connectivity index (χ0n) is 16.2. The third-order valence-electron chi connectivity index (χ3n) is 4.95. The molecule has 0 unspecified atom stereocenters. The van der Waals surface area contributed by atoms with Gasteiger partial charge >= 0.3 is 0 Å². The van der Waals surface area contributed by atoms with Crippen LogP contribution < -0.4 is 10.6 Å². The minimum atomic E-state index is -0.965. The molecule has 0 spiro atoms. The molecule has 1 saturated heterocycles. The van der Waals surface area contributed by atoms with E-state index < -0.39 is 23.4 Å². The van der Waals surface area contributed by atoms with Crippen molar-refractivity contribution in [2.24, 2.45) is 0 Å². The average molecular weight is 401 g/mol. The van der Waals surface area contributed by atoms with E-state index in [2.05, 4.69) is 27.7 Å². The molecule has 0 radical (unpaired) electrons. The number of piperidine rings is 1. The summed E-state index contributed by atoms with van der Waals surface area (Å²) in [7, 11) is 0. The average Bonchev–Trinajstić information content (AvgIpc) is 2.72. The molecule has 0 saturated carbocycles. The van der Waals surface area contributed by atoms with Gasteiger partial charge in [-0.1, -0.05) is 30.7 Å². The first kappa shape index (κ1) is 20.9. The van der Waals surface area contributed by atoms with Crippen LogP contribution in [-0.4, -0.2) is 36.3 Å². The topological polar surface area (TPSA) is 61.4 Å². The number of amides is 2. The third-order valence-corrected chi connectivity index (χ3v) is 4.95. The fourth-order valence-corrected chi connectivity index (χ4v) is 3.33. The van der Waals surface area contributed by atoms with Crippen molar-refractivity contribution in [3.63, 3.8) is 0 Å². The summed E-state index contributed by atoms with van der Waals surface area (Å²) in [6.45, 7) is 3.28. The van der Waals surface area contributed by atoms with Crippen molar-refractivity contribution in [2.45, 2.75) is 32.4 Å². The van der Waals surface area contributed by atoms with Gasteiger partial charge in [-0.05, 0) is 49.2 Å². The second kappa shape index (κ2) is 10.1. The fraction of sp³-hybridized carbons (Fsp3) is 0.364. The third kappa shape index (κ3) is 6.35. The molecule has 1 heterocycles. The number of hydrogen-bond acceptors (Lipinski definition) is 3. The highest BCUT2D eigenvalue weighted by atomic mass is 19.1. The van der Waals surface area contributed by atoms with Crippen molar-refractivity contribution in [1.82, 2.24) is 15.5 Å². The van der Waals surface area contributed by atoms with Crippen molar-refractivity contribution >= 4 is 11.8 Å². The first-order chi connectivity index (χ1) is 14.0. The van der Waals surface area contributed by atoms with Gasteiger partial charge in [0, 0.05) is 19.2 Å². The zero-order chi connectivity index (χ0) is 20.6. The molecule has 5 nitrogen and oxygen atoms in total. The van der Waals surface area contributed by atoms with Gasteiger partial charge in [-0.2, -0.15) is 0 Å². The van der Waals surface area contributed by atoms with E-state index in [1.54, 1.807) is 0 Å². The Morgan fingerprint density at radius 1 is 0.897 bits per heavy atom. The number of carbonyl (C=O) groups excluding carboxylic acids is 2. The van der Waals surface area contributed by atoms with Crippen LogP contribution in [0.5, 0.6) is 0 Å². The lowest BCUT2D eigenvalue weighted by Gasteiger charge is -2.26. The highest BCUT2D eigenvalue weighted by molar-refractivity contribution is 5.96. The van der Waals surface area contributed by atoms with E-state index >= 15 is 0 Å². The number of benzene rings is 2. The Kier molecular flexibility index (Phi) is 7.30. The Bertz CT molecular complexity index is 850. The monoisotopic (exact) mass is 401 g/mol. The predicted molar refractivity (Wildman–Crippen MR) is 106 cm³/mol. The molecule has 0 aromatic heterocycles. The molecule has 29 heavy (non-hydrogen) atoms. The van der Waals surface area contributed by atoms with E-state index in [0.717, 1.165) is 37.3 Å². The maximum atomic E-state index is 13.6. The van der Waals surface area contributed by atoms with Crippen LogP contribution in [0.4, 0.5) is 8.78 Å². The predicted octanol–water partition coefficient (Wildman–Crippen LogP) is 3.00. The second-order valence-electron chi connectivity index (χ2n) is 7.24. The van der Waals surface area contributed by atoms with Gasteiger partial charge in [0.1, 0.15) is 11.6 Å². The molecule has 7 heteroatoms. The van der Waals surface area contributed by atoms with E-state index in [1.807, 2.05) is 12.1 Å². The Morgan fingerprint density at radius 2 is 1.59 bits per heavy atom. The number of likely N-dealkylation sites (tertiary alicyclic amines) is 1. The molecule has 0 atom stereocenters. The van der Waals surface area contributed by atoms with Gasteiger partial charge < -0.3 is 10.6 Å².